The Balaban J connectivity index is 2.06. The molecular weight excluding hydrogens is 312 g/mol. The predicted octanol–water partition coefficient (Wildman–Crippen LogP) is 2.21. The molecule has 122 valence electrons. The van der Waals surface area contributed by atoms with Crippen LogP contribution < -0.4 is 10.1 Å². The van der Waals surface area contributed by atoms with E-state index < -0.39 is 11.9 Å². The van der Waals surface area contributed by atoms with Crippen molar-refractivity contribution in [3.8, 4) is 11.8 Å². The third-order valence-corrected chi connectivity index (χ3v) is 3.13. The number of hydrogen-bond donors (Lipinski definition) is 2. The van der Waals surface area contributed by atoms with E-state index in [4.69, 9.17) is 19.5 Å². The molecule has 0 aliphatic rings. The summed E-state index contributed by atoms with van der Waals surface area (Å²) >= 11 is 0. The zero-order valence-corrected chi connectivity index (χ0v) is 12.8. The van der Waals surface area contributed by atoms with Crippen LogP contribution >= 0.6 is 0 Å². The van der Waals surface area contributed by atoms with Crippen LogP contribution in [0.5, 0.6) is 5.75 Å². The van der Waals surface area contributed by atoms with Gasteiger partial charge in [0.05, 0.1) is 6.26 Å². The van der Waals surface area contributed by atoms with E-state index in [0.717, 1.165) is 0 Å². The lowest BCUT2D eigenvalue weighted by atomic mass is 10.1. The van der Waals surface area contributed by atoms with E-state index in [1.807, 2.05) is 6.07 Å². The highest BCUT2D eigenvalue weighted by Crippen LogP contribution is 2.18. The fourth-order valence-corrected chi connectivity index (χ4v) is 1.90. The van der Waals surface area contributed by atoms with Gasteiger partial charge in [-0.05, 0) is 29.8 Å². The summed E-state index contributed by atoms with van der Waals surface area (Å²) < 4.78 is 10.6. The molecule has 1 amide bonds. The molecule has 1 aromatic heterocycles. The van der Waals surface area contributed by atoms with Gasteiger partial charge in [0, 0.05) is 7.05 Å². The van der Waals surface area contributed by atoms with Crippen LogP contribution in [0.2, 0.25) is 0 Å². The van der Waals surface area contributed by atoms with Gasteiger partial charge in [-0.3, -0.25) is 4.79 Å². The van der Waals surface area contributed by atoms with Crippen molar-refractivity contribution < 1.29 is 23.8 Å². The first-order valence-electron chi connectivity index (χ1n) is 6.91. The van der Waals surface area contributed by atoms with Gasteiger partial charge in [-0.1, -0.05) is 12.1 Å². The Morgan fingerprint density at radius 1 is 1.33 bits per heavy atom. The van der Waals surface area contributed by atoms with Crippen molar-refractivity contribution in [1.29, 1.82) is 5.26 Å². The molecule has 7 nitrogen and oxygen atoms in total. The number of amides is 1. The molecule has 0 saturated heterocycles. The maximum absolute atomic E-state index is 11.5. The number of likely N-dealkylation sites (N-methyl/N-ethyl adjacent to an activating group) is 1. The van der Waals surface area contributed by atoms with Crippen molar-refractivity contribution in [2.75, 3.05) is 7.05 Å². The molecular formula is C17H14N2O5. The fraction of sp³-hybridized carbons (Fsp3) is 0.118. The minimum absolute atomic E-state index is 0.00662. The lowest BCUT2D eigenvalue weighted by Gasteiger charge is -2.05. The van der Waals surface area contributed by atoms with Gasteiger partial charge in [-0.2, -0.15) is 5.26 Å². The van der Waals surface area contributed by atoms with Crippen LogP contribution in [0.3, 0.4) is 0 Å². The maximum atomic E-state index is 11.5. The summed E-state index contributed by atoms with van der Waals surface area (Å²) in [5, 5.41) is 20.3. The van der Waals surface area contributed by atoms with Gasteiger partial charge in [0.15, 0.2) is 5.76 Å². The van der Waals surface area contributed by atoms with Gasteiger partial charge >= 0.3 is 5.97 Å². The van der Waals surface area contributed by atoms with Crippen LogP contribution in [0.1, 0.15) is 21.7 Å². The molecule has 2 aromatic rings. The molecule has 24 heavy (non-hydrogen) atoms. The Bertz CT molecular complexity index is 812. The molecule has 0 saturated carbocycles. The largest absolute Gasteiger partial charge is 0.486 e. The summed E-state index contributed by atoms with van der Waals surface area (Å²) in [4.78, 5) is 22.4. The first-order valence-corrected chi connectivity index (χ1v) is 6.91. The number of nitriles is 1. The number of nitrogens with zero attached hydrogens (tertiary/aromatic N) is 1. The summed E-state index contributed by atoms with van der Waals surface area (Å²) in [6.07, 6.45) is 2.75. The topological polar surface area (TPSA) is 113 Å². The number of ether oxygens (including phenoxy) is 1. The Labute approximate surface area is 137 Å². The maximum Gasteiger partial charge on any atom is 0.339 e. The standard InChI is InChI=1S/C17H14N2O5/c1-19-16(20)12(9-18)8-11-2-4-13(5-3-11)24-10-15-14(17(21)22)6-7-23-15/h2-8H,10H2,1H3,(H,19,20)(H,21,22). The van der Waals surface area contributed by atoms with Gasteiger partial charge in [-0.25, -0.2) is 4.79 Å². The SMILES string of the molecule is CNC(=O)C(C#N)=Cc1ccc(OCc2occc2C(=O)O)cc1. The van der Waals surface area contributed by atoms with Crippen molar-refractivity contribution in [3.05, 3.63) is 59.1 Å². The molecule has 0 aliphatic carbocycles. The number of benzene rings is 1. The number of furan rings is 1. The molecule has 0 aliphatic heterocycles. The van der Waals surface area contributed by atoms with Gasteiger partial charge in [-0.15, -0.1) is 0 Å². The average Bonchev–Trinajstić information content (AvgIpc) is 3.07. The highest BCUT2D eigenvalue weighted by atomic mass is 16.5. The minimum Gasteiger partial charge on any atom is -0.486 e. The fourth-order valence-electron chi connectivity index (χ4n) is 1.90. The average molecular weight is 326 g/mol. The van der Waals surface area contributed by atoms with Crippen molar-refractivity contribution in [1.82, 2.24) is 5.32 Å². The highest BCUT2D eigenvalue weighted by molar-refractivity contribution is 6.01. The third-order valence-electron chi connectivity index (χ3n) is 3.13. The van der Waals surface area contributed by atoms with E-state index in [-0.39, 0.29) is 23.5 Å². The predicted molar refractivity (Wildman–Crippen MR) is 84.1 cm³/mol. The van der Waals surface area contributed by atoms with E-state index in [1.54, 1.807) is 24.3 Å². The Kier molecular flexibility index (Phi) is 5.36. The summed E-state index contributed by atoms with van der Waals surface area (Å²) in [6.45, 7) is -0.0223. The summed E-state index contributed by atoms with van der Waals surface area (Å²) in [5.41, 5.74) is 0.707. The molecule has 0 unspecified atom stereocenters. The van der Waals surface area contributed by atoms with Crippen LogP contribution in [-0.4, -0.2) is 24.0 Å². The van der Waals surface area contributed by atoms with Crippen LogP contribution in [-0.2, 0) is 11.4 Å². The molecule has 7 heteroatoms. The molecule has 0 radical (unpaired) electrons. The van der Waals surface area contributed by atoms with Crippen LogP contribution in [0, 0.1) is 11.3 Å². The van der Waals surface area contributed by atoms with Gasteiger partial charge < -0.3 is 19.6 Å². The normalized spacial score (nSPS) is 10.8. The molecule has 0 spiro atoms. The molecule has 2 rings (SSSR count). The van der Waals surface area contributed by atoms with E-state index in [9.17, 15) is 9.59 Å². The minimum atomic E-state index is -1.08. The molecule has 2 N–H and O–H groups in total. The molecule has 0 fully saturated rings. The van der Waals surface area contributed by atoms with E-state index in [2.05, 4.69) is 5.32 Å². The van der Waals surface area contributed by atoms with Crippen molar-refractivity contribution >= 4 is 18.0 Å². The first-order chi connectivity index (χ1) is 11.5. The lowest BCUT2D eigenvalue weighted by Crippen LogP contribution is -2.19. The van der Waals surface area contributed by atoms with E-state index in [0.29, 0.717) is 11.3 Å². The van der Waals surface area contributed by atoms with Crippen molar-refractivity contribution in [2.45, 2.75) is 6.61 Å². The second kappa shape index (κ2) is 7.65. The number of carbonyl (C=O) groups is 2. The summed E-state index contributed by atoms with van der Waals surface area (Å²) in [5.74, 6) is -0.825. The van der Waals surface area contributed by atoms with Gasteiger partial charge in [0.2, 0.25) is 0 Å². The zero-order valence-electron chi connectivity index (χ0n) is 12.8. The Morgan fingerprint density at radius 2 is 2.04 bits per heavy atom. The van der Waals surface area contributed by atoms with Gasteiger partial charge in [0.1, 0.15) is 29.6 Å². The van der Waals surface area contributed by atoms with Crippen molar-refractivity contribution in [2.24, 2.45) is 0 Å². The second-order valence-electron chi connectivity index (χ2n) is 4.67. The summed E-state index contributed by atoms with van der Waals surface area (Å²) in [7, 11) is 1.45. The zero-order chi connectivity index (χ0) is 17.5. The van der Waals surface area contributed by atoms with Crippen LogP contribution in [0.25, 0.3) is 6.08 Å². The third kappa shape index (κ3) is 4.01. The number of nitrogens with one attached hydrogen (secondary N) is 1. The van der Waals surface area contributed by atoms with Gasteiger partial charge in [0.25, 0.3) is 5.91 Å². The molecule has 1 heterocycles. The summed E-state index contributed by atoms with van der Waals surface area (Å²) in [6, 6.07) is 9.83. The monoisotopic (exact) mass is 326 g/mol. The molecule has 0 atom stereocenters. The highest BCUT2D eigenvalue weighted by Gasteiger charge is 2.13. The Hall–Kier alpha value is -3.53. The first kappa shape index (κ1) is 16.8. The Morgan fingerprint density at radius 3 is 2.62 bits per heavy atom. The number of hydrogen-bond acceptors (Lipinski definition) is 5. The van der Waals surface area contributed by atoms with Crippen LogP contribution in [0.15, 0.2) is 46.6 Å². The number of aromatic carboxylic acids is 1. The quantitative estimate of drug-likeness (QED) is 0.621. The lowest BCUT2D eigenvalue weighted by molar-refractivity contribution is -0.116. The number of carboxylic acids is 1. The number of carboxylic acid groups (broad SMARTS) is 1. The van der Waals surface area contributed by atoms with E-state index >= 15 is 0 Å². The smallest absolute Gasteiger partial charge is 0.339 e. The van der Waals surface area contributed by atoms with E-state index in [1.165, 1.54) is 25.5 Å². The molecule has 0 bridgehead atoms. The van der Waals surface area contributed by atoms with Crippen LogP contribution in [0.4, 0.5) is 0 Å². The van der Waals surface area contributed by atoms with Crippen molar-refractivity contribution in [3.63, 3.8) is 0 Å². The second-order valence-corrected chi connectivity index (χ2v) is 4.67. The number of rotatable bonds is 6. The molecule has 1 aromatic carbocycles. The number of carbonyl (C=O) groups excluding carboxylic acids is 1.